The van der Waals surface area contributed by atoms with E-state index in [-0.39, 0.29) is 19.4 Å². The maximum Gasteiger partial charge on any atom is 0.472 e. The lowest BCUT2D eigenvalue weighted by atomic mass is 10.0. The number of allylic oxidation sites excluding steroid dienone is 4. The molecule has 10 nitrogen and oxygen atoms in total. The number of unbranched alkanes of at least 4 members (excludes halogenated alkanes) is 32. The average molecular weight is 915 g/mol. The molecule has 0 aromatic rings. The van der Waals surface area contributed by atoms with Crippen molar-refractivity contribution >= 4 is 19.8 Å². The van der Waals surface area contributed by atoms with Gasteiger partial charge < -0.3 is 24.6 Å². The van der Waals surface area contributed by atoms with Crippen LogP contribution in [0.4, 0.5) is 0 Å². The van der Waals surface area contributed by atoms with Crippen molar-refractivity contribution in [3.05, 3.63) is 24.3 Å². The Labute approximate surface area is 387 Å². The highest BCUT2D eigenvalue weighted by atomic mass is 31.2. The molecule has 0 saturated heterocycles. The molecule has 0 amide bonds. The summed E-state index contributed by atoms with van der Waals surface area (Å²) in [6, 6.07) is 0. The topological polar surface area (TPSA) is 149 Å². The molecule has 0 aliphatic rings. The molecule has 0 saturated carbocycles. The smallest absolute Gasteiger partial charge is 0.462 e. The van der Waals surface area contributed by atoms with Gasteiger partial charge in [0.25, 0.3) is 0 Å². The zero-order valence-corrected chi connectivity index (χ0v) is 41.7. The van der Waals surface area contributed by atoms with Crippen molar-refractivity contribution in [1.29, 1.82) is 0 Å². The van der Waals surface area contributed by atoms with Gasteiger partial charge in [-0.05, 0) is 44.9 Å². The first-order valence-corrected chi connectivity index (χ1v) is 27.8. The Bertz CT molecular complexity index is 1100. The fourth-order valence-electron chi connectivity index (χ4n) is 7.56. The molecule has 3 atom stereocenters. The molecule has 0 fully saturated rings. The lowest BCUT2D eigenvalue weighted by molar-refractivity contribution is -0.161. The van der Waals surface area contributed by atoms with Crippen molar-refractivity contribution in [2.75, 3.05) is 26.4 Å². The third kappa shape index (κ3) is 48.2. The lowest BCUT2D eigenvalue weighted by Crippen LogP contribution is -2.29. The number of hydrogen-bond donors (Lipinski definition) is 3. The van der Waals surface area contributed by atoms with Crippen LogP contribution < -0.4 is 0 Å². The van der Waals surface area contributed by atoms with Crippen molar-refractivity contribution < 1.29 is 47.8 Å². The van der Waals surface area contributed by atoms with E-state index < -0.39 is 51.8 Å². The van der Waals surface area contributed by atoms with Gasteiger partial charge in [0.2, 0.25) is 0 Å². The summed E-state index contributed by atoms with van der Waals surface area (Å²) in [5.41, 5.74) is 0. The number of esters is 2. The second-order valence-electron chi connectivity index (χ2n) is 17.9. The summed E-state index contributed by atoms with van der Waals surface area (Å²) in [5, 5.41) is 18.4. The van der Waals surface area contributed by atoms with Crippen LogP contribution in [-0.2, 0) is 32.7 Å². The first-order chi connectivity index (χ1) is 30.7. The fourth-order valence-corrected chi connectivity index (χ4v) is 8.35. The Morgan fingerprint density at radius 3 is 1.25 bits per heavy atom. The fraction of sp³-hybridized carbons (Fsp3) is 0.885. The third-order valence-electron chi connectivity index (χ3n) is 11.6. The van der Waals surface area contributed by atoms with E-state index >= 15 is 0 Å². The zero-order chi connectivity index (χ0) is 46.2. The van der Waals surface area contributed by atoms with Gasteiger partial charge in [0.15, 0.2) is 6.10 Å². The lowest BCUT2D eigenvalue weighted by Gasteiger charge is -2.20. The van der Waals surface area contributed by atoms with Gasteiger partial charge in [0, 0.05) is 12.8 Å². The molecule has 3 N–H and O–H groups in total. The number of aliphatic hydroxyl groups excluding tert-OH is 2. The van der Waals surface area contributed by atoms with Crippen molar-refractivity contribution in [1.82, 2.24) is 0 Å². The summed E-state index contributed by atoms with van der Waals surface area (Å²) < 4.78 is 32.9. The minimum absolute atomic E-state index is 0.183. The van der Waals surface area contributed by atoms with E-state index in [1.54, 1.807) is 0 Å². The maximum atomic E-state index is 12.7. The molecular weight excluding hydrogens is 816 g/mol. The minimum Gasteiger partial charge on any atom is -0.462 e. The summed E-state index contributed by atoms with van der Waals surface area (Å²) in [7, 11) is -4.62. The van der Waals surface area contributed by atoms with Crippen LogP contribution in [0.1, 0.15) is 258 Å². The summed E-state index contributed by atoms with van der Waals surface area (Å²) >= 11 is 0. The number of carbonyl (C=O) groups excluding carboxylic acids is 2. The summed E-state index contributed by atoms with van der Waals surface area (Å²) in [6.45, 7) is 2.41. The molecule has 0 bridgehead atoms. The molecule has 0 radical (unpaired) electrons. The molecule has 0 aliphatic carbocycles. The van der Waals surface area contributed by atoms with E-state index in [2.05, 4.69) is 38.2 Å². The number of phosphoric ester groups is 1. The van der Waals surface area contributed by atoms with Gasteiger partial charge >= 0.3 is 19.8 Å². The van der Waals surface area contributed by atoms with Gasteiger partial charge in [0.05, 0.1) is 19.8 Å². The first kappa shape index (κ1) is 61.5. The predicted molar refractivity (Wildman–Crippen MR) is 261 cm³/mol. The molecular formula is C52H99O10P. The first-order valence-electron chi connectivity index (χ1n) is 26.3. The Hall–Kier alpha value is -1.55. The van der Waals surface area contributed by atoms with E-state index in [1.165, 1.54) is 167 Å². The number of aliphatic hydroxyl groups is 2. The molecule has 0 spiro atoms. The van der Waals surface area contributed by atoms with Gasteiger partial charge in [-0.1, -0.05) is 224 Å². The van der Waals surface area contributed by atoms with Crippen LogP contribution in [0.15, 0.2) is 24.3 Å². The van der Waals surface area contributed by atoms with Gasteiger partial charge in [-0.2, -0.15) is 0 Å². The Morgan fingerprint density at radius 1 is 0.476 bits per heavy atom. The van der Waals surface area contributed by atoms with Crippen LogP contribution >= 0.6 is 7.82 Å². The van der Waals surface area contributed by atoms with Crippen molar-refractivity contribution in [3.63, 3.8) is 0 Å². The van der Waals surface area contributed by atoms with Gasteiger partial charge in [-0.15, -0.1) is 0 Å². The number of ether oxygens (including phenoxy) is 2. The Balaban J connectivity index is 4.13. The van der Waals surface area contributed by atoms with Crippen LogP contribution in [0.25, 0.3) is 0 Å². The quantitative estimate of drug-likeness (QED) is 0.0233. The van der Waals surface area contributed by atoms with Crippen LogP contribution in [0.3, 0.4) is 0 Å². The van der Waals surface area contributed by atoms with Crippen LogP contribution in [-0.4, -0.2) is 65.7 Å². The van der Waals surface area contributed by atoms with Gasteiger partial charge in [0.1, 0.15) is 12.7 Å². The number of hydrogen-bond acceptors (Lipinski definition) is 9. The third-order valence-corrected chi connectivity index (χ3v) is 12.6. The summed E-state index contributed by atoms with van der Waals surface area (Å²) in [4.78, 5) is 35.2. The van der Waals surface area contributed by atoms with E-state index in [0.29, 0.717) is 12.8 Å². The number of phosphoric acid groups is 1. The van der Waals surface area contributed by atoms with Crippen molar-refractivity contribution in [3.8, 4) is 0 Å². The molecule has 0 aliphatic heterocycles. The van der Waals surface area contributed by atoms with Gasteiger partial charge in [-0.25, -0.2) is 4.57 Å². The van der Waals surface area contributed by atoms with Crippen molar-refractivity contribution in [2.24, 2.45) is 0 Å². The molecule has 0 heterocycles. The highest BCUT2D eigenvalue weighted by molar-refractivity contribution is 7.47. The molecule has 0 rings (SSSR count). The largest absolute Gasteiger partial charge is 0.472 e. The normalized spacial score (nSPS) is 13.8. The van der Waals surface area contributed by atoms with Crippen molar-refractivity contribution in [2.45, 2.75) is 270 Å². The van der Waals surface area contributed by atoms with Crippen LogP contribution in [0.5, 0.6) is 0 Å². The minimum atomic E-state index is -4.62. The Kier molecular flexibility index (Phi) is 47.2. The second kappa shape index (κ2) is 48.4. The predicted octanol–water partition coefficient (Wildman–Crippen LogP) is 14.9. The Morgan fingerprint density at radius 2 is 0.825 bits per heavy atom. The monoisotopic (exact) mass is 915 g/mol. The standard InChI is InChI=1S/C52H99O10P/c1-3-5-7-9-11-13-15-17-19-21-23-24-26-27-29-31-33-35-37-39-41-43-51(55)59-47-50(48-61-63(57,58)60-46-49(54)45-53)62-52(56)44-42-40-38-36-34-32-30-28-25-22-20-18-16-14-12-10-8-6-4-2/h12,14,18,20,49-50,53-54H,3-11,13,15-17,19,21-48H2,1-2H3,(H,57,58)/b14-12-,20-18-. The summed E-state index contributed by atoms with van der Waals surface area (Å²) in [6.07, 6.45) is 51.4. The van der Waals surface area contributed by atoms with E-state index in [9.17, 15) is 24.2 Å². The second-order valence-corrected chi connectivity index (χ2v) is 19.4. The van der Waals surface area contributed by atoms with Gasteiger partial charge in [-0.3, -0.25) is 18.6 Å². The molecule has 3 unspecified atom stereocenters. The SMILES string of the molecule is CCCCC/C=C\C/C=C\CCCCCCCCCCCC(=O)OC(COC(=O)CCCCCCCCCCCCCCCCCCCCCCC)COP(=O)(O)OCC(O)CO. The van der Waals surface area contributed by atoms with Crippen LogP contribution in [0, 0.1) is 0 Å². The zero-order valence-electron chi connectivity index (χ0n) is 40.8. The molecule has 0 aromatic carbocycles. The maximum absolute atomic E-state index is 12.7. The molecule has 0 aromatic heterocycles. The number of carbonyl (C=O) groups is 2. The van der Waals surface area contributed by atoms with Crippen LogP contribution in [0.2, 0.25) is 0 Å². The molecule has 63 heavy (non-hydrogen) atoms. The van der Waals surface area contributed by atoms with E-state index in [4.69, 9.17) is 23.6 Å². The molecule has 372 valence electrons. The average Bonchev–Trinajstić information content (AvgIpc) is 3.27. The highest BCUT2D eigenvalue weighted by Crippen LogP contribution is 2.43. The van der Waals surface area contributed by atoms with E-state index in [1.807, 2.05) is 0 Å². The summed E-state index contributed by atoms with van der Waals surface area (Å²) in [5.74, 6) is -0.915. The molecule has 11 heteroatoms. The van der Waals surface area contributed by atoms with E-state index in [0.717, 1.165) is 51.4 Å². The number of rotatable bonds is 50. The highest BCUT2D eigenvalue weighted by Gasteiger charge is 2.27.